The Morgan fingerprint density at radius 1 is 1.07 bits per heavy atom. The Labute approximate surface area is 248 Å². The zero-order chi connectivity index (χ0) is 28.7. The summed E-state index contributed by atoms with van der Waals surface area (Å²) < 4.78 is 13.3. The Morgan fingerprint density at radius 2 is 1.90 bits per heavy atom. The number of hydrogen-bond donors (Lipinski definition) is 0. The topological polar surface area (TPSA) is 126 Å². The highest BCUT2D eigenvalue weighted by Crippen LogP contribution is 2.37. The van der Waals surface area contributed by atoms with Gasteiger partial charge < -0.3 is 9.15 Å². The second-order valence-electron chi connectivity index (χ2n) is 8.63. The summed E-state index contributed by atoms with van der Waals surface area (Å²) in [7, 11) is 0. The van der Waals surface area contributed by atoms with Crippen LogP contribution in [0.3, 0.4) is 0 Å². The van der Waals surface area contributed by atoms with Crippen LogP contribution in [-0.4, -0.2) is 25.8 Å². The number of ether oxygens (including phenoxy) is 1. The van der Waals surface area contributed by atoms with Crippen molar-refractivity contribution in [3.8, 4) is 23.2 Å². The molecule has 3 heterocycles. The molecule has 202 valence electrons. The van der Waals surface area contributed by atoms with Crippen LogP contribution in [0.5, 0.6) is 11.6 Å². The first-order chi connectivity index (χ1) is 19.8. The summed E-state index contributed by atoms with van der Waals surface area (Å²) >= 11 is 16.1. The molecule has 6 rings (SSSR count). The van der Waals surface area contributed by atoms with Crippen molar-refractivity contribution in [2.75, 3.05) is 0 Å². The molecule has 0 saturated heterocycles. The van der Waals surface area contributed by atoms with Crippen molar-refractivity contribution in [2.24, 2.45) is 5.10 Å². The van der Waals surface area contributed by atoms with E-state index in [2.05, 4.69) is 31.0 Å². The van der Waals surface area contributed by atoms with Crippen LogP contribution in [0.2, 0.25) is 10.0 Å². The van der Waals surface area contributed by atoms with Gasteiger partial charge in [-0.3, -0.25) is 14.9 Å². The lowest BCUT2D eigenvalue weighted by atomic mass is 10.2. The predicted molar refractivity (Wildman–Crippen MR) is 159 cm³/mol. The summed E-state index contributed by atoms with van der Waals surface area (Å²) in [6, 6.07) is 19.8. The van der Waals surface area contributed by atoms with Crippen molar-refractivity contribution >= 4 is 72.9 Å². The van der Waals surface area contributed by atoms with Crippen molar-refractivity contribution < 1.29 is 14.1 Å². The van der Waals surface area contributed by atoms with Crippen molar-refractivity contribution in [3.05, 3.63) is 120 Å². The lowest BCUT2D eigenvalue weighted by Gasteiger charge is -2.10. The molecule has 0 aliphatic heterocycles. The maximum absolute atomic E-state index is 13.5. The van der Waals surface area contributed by atoms with E-state index >= 15 is 0 Å². The van der Waals surface area contributed by atoms with E-state index in [4.69, 9.17) is 32.4 Å². The minimum Gasteiger partial charge on any atom is -0.453 e. The summed E-state index contributed by atoms with van der Waals surface area (Å²) in [5, 5.41) is 17.2. The second-order valence-corrected chi connectivity index (χ2v) is 10.3. The van der Waals surface area contributed by atoms with E-state index in [9.17, 15) is 14.9 Å². The van der Waals surface area contributed by atoms with Crippen LogP contribution < -0.4 is 10.3 Å². The van der Waals surface area contributed by atoms with E-state index in [1.807, 2.05) is 0 Å². The monoisotopic (exact) mass is 649 g/mol. The van der Waals surface area contributed by atoms with Crippen molar-refractivity contribution in [3.63, 3.8) is 0 Å². The Balaban J connectivity index is 1.39. The van der Waals surface area contributed by atoms with Gasteiger partial charge in [0.2, 0.25) is 11.7 Å². The third-order valence-corrected chi connectivity index (χ3v) is 7.04. The number of pyridine rings is 1. The van der Waals surface area contributed by atoms with E-state index in [1.165, 1.54) is 18.3 Å². The van der Waals surface area contributed by atoms with E-state index in [0.717, 1.165) is 16.3 Å². The fraction of sp³-hybridized carbons (Fsp3) is 0. The molecule has 10 nitrogen and oxygen atoms in total. The summed E-state index contributed by atoms with van der Waals surface area (Å²) in [6.45, 7) is 0. The van der Waals surface area contributed by atoms with Gasteiger partial charge in [-0.15, -0.1) is 0 Å². The highest BCUT2D eigenvalue weighted by Gasteiger charge is 2.17. The fourth-order valence-corrected chi connectivity index (χ4v) is 5.16. The molecule has 13 heteroatoms. The Bertz CT molecular complexity index is 2050. The lowest BCUT2D eigenvalue weighted by molar-refractivity contribution is -0.385. The van der Waals surface area contributed by atoms with Gasteiger partial charge in [0.15, 0.2) is 11.5 Å². The van der Waals surface area contributed by atoms with Crippen LogP contribution in [0, 0.1) is 10.1 Å². The van der Waals surface area contributed by atoms with Gasteiger partial charge in [0, 0.05) is 22.5 Å². The second kappa shape index (κ2) is 10.8. The van der Waals surface area contributed by atoms with Crippen molar-refractivity contribution in [1.29, 1.82) is 0 Å². The van der Waals surface area contributed by atoms with Crippen molar-refractivity contribution in [2.45, 2.75) is 0 Å². The Morgan fingerprint density at radius 3 is 2.66 bits per heavy atom. The van der Waals surface area contributed by atoms with E-state index in [1.54, 1.807) is 60.7 Å². The van der Waals surface area contributed by atoms with Crippen LogP contribution >= 0.6 is 39.1 Å². The number of nitrogens with zero attached hydrogens (tertiary/aromatic N) is 5. The lowest BCUT2D eigenvalue weighted by Crippen LogP contribution is -2.20. The third-order valence-electron chi connectivity index (χ3n) is 5.93. The first-order valence-corrected chi connectivity index (χ1v) is 13.3. The molecule has 0 atom stereocenters. The molecule has 0 bridgehead atoms. The standard InChI is InChI=1S/C28H14BrCl2N5O5/c29-20-9-15(10-21(31)26(20)41-25-8-6-18(14-32-25)36(38)39)13-33-35-27(34-22-4-2-1-3-19(22)28(35)37)24-12-16-11-17(30)5-7-23(16)40-24/h1-14H. The van der Waals surface area contributed by atoms with Gasteiger partial charge in [-0.05, 0) is 70.0 Å². The predicted octanol–water partition coefficient (Wildman–Crippen LogP) is 7.86. The molecule has 41 heavy (non-hydrogen) atoms. The van der Waals surface area contributed by atoms with E-state index in [-0.39, 0.29) is 28.2 Å². The van der Waals surface area contributed by atoms with Crippen LogP contribution in [0.4, 0.5) is 5.69 Å². The van der Waals surface area contributed by atoms with Gasteiger partial charge >= 0.3 is 0 Å². The van der Waals surface area contributed by atoms with Crippen LogP contribution in [-0.2, 0) is 0 Å². The van der Waals surface area contributed by atoms with Crippen LogP contribution in [0.1, 0.15) is 5.56 Å². The third kappa shape index (κ3) is 5.30. The molecule has 0 aliphatic carbocycles. The molecular formula is C28H14BrCl2N5O5. The quantitative estimate of drug-likeness (QED) is 0.102. The maximum atomic E-state index is 13.5. The summed E-state index contributed by atoms with van der Waals surface area (Å²) in [5.74, 6) is 0.897. The molecule has 6 aromatic rings. The molecule has 3 aromatic carbocycles. The van der Waals surface area contributed by atoms with Crippen LogP contribution in [0.25, 0.3) is 33.5 Å². The minimum atomic E-state index is -0.556. The molecular weight excluding hydrogens is 637 g/mol. The number of hydrogen-bond acceptors (Lipinski definition) is 8. The molecule has 0 saturated carbocycles. The number of halogens is 3. The number of benzene rings is 3. The molecule has 0 spiro atoms. The number of rotatable bonds is 6. The summed E-state index contributed by atoms with van der Waals surface area (Å²) in [6.07, 6.45) is 2.53. The largest absolute Gasteiger partial charge is 0.453 e. The van der Waals surface area contributed by atoms with Crippen molar-refractivity contribution in [1.82, 2.24) is 14.6 Å². The average Bonchev–Trinajstić information content (AvgIpc) is 3.38. The summed E-state index contributed by atoms with van der Waals surface area (Å²) in [5.41, 5.74) is 1.04. The maximum Gasteiger partial charge on any atom is 0.287 e. The number of para-hydroxylation sites is 1. The highest BCUT2D eigenvalue weighted by atomic mass is 79.9. The van der Waals surface area contributed by atoms with Gasteiger partial charge in [0.05, 0.1) is 31.5 Å². The number of fused-ring (bicyclic) bond motifs is 2. The number of aromatic nitrogens is 3. The first kappa shape index (κ1) is 26.6. The van der Waals surface area contributed by atoms with Crippen LogP contribution in [0.15, 0.2) is 97.8 Å². The zero-order valence-corrected chi connectivity index (χ0v) is 23.6. The molecule has 0 aliphatic rings. The Hall–Kier alpha value is -4.58. The van der Waals surface area contributed by atoms with Gasteiger partial charge in [-0.25, -0.2) is 9.97 Å². The van der Waals surface area contributed by atoms with E-state index in [0.29, 0.717) is 37.3 Å². The number of nitro groups is 1. The van der Waals surface area contributed by atoms with Gasteiger partial charge in [-0.1, -0.05) is 35.3 Å². The smallest absolute Gasteiger partial charge is 0.287 e. The van der Waals surface area contributed by atoms with Gasteiger partial charge in [-0.2, -0.15) is 9.78 Å². The Kier molecular flexibility index (Phi) is 7.00. The molecule has 0 unspecified atom stereocenters. The highest BCUT2D eigenvalue weighted by molar-refractivity contribution is 9.10. The average molecular weight is 651 g/mol. The fourth-order valence-electron chi connectivity index (χ4n) is 4.04. The molecule has 0 N–H and O–H groups in total. The van der Waals surface area contributed by atoms with E-state index < -0.39 is 10.5 Å². The first-order valence-electron chi connectivity index (χ1n) is 11.8. The SMILES string of the molecule is O=c1c2ccccc2nc(-c2cc3cc(Cl)ccc3o2)n1N=Cc1cc(Cl)c(Oc2ccc([N+](=O)[O-])cn2)c(Br)c1. The normalized spacial score (nSPS) is 11.5. The molecule has 0 radical (unpaired) electrons. The number of furan rings is 1. The zero-order valence-electron chi connectivity index (χ0n) is 20.5. The van der Waals surface area contributed by atoms with Gasteiger partial charge in [0.25, 0.3) is 11.2 Å². The molecule has 0 fully saturated rings. The molecule has 0 amide bonds. The molecule has 3 aromatic heterocycles. The minimum absolute atomic E-state index is 0.116. The summed E-state index contributed by atoms with van der Waals surface area (Å²) in [4.78, 5) is 32.4. The van der Waals surface area contributed by atoms with Gasteiger partial charge in [0.1, 0.15) is 11.8 Å².